The fraction of sp³-hybridized carbons (Fsp3) is 0.571. The minimum atomic E-state index is -3.27. The van der Waals surface area contributed by atoms with Crippen molar-refractivity contribution in [2.75, 3.05) is 10.5 Å². The molecule has 1 rings (SSSR count). The van der Waals surface area contributed by atoms with Gasteiger partial charge in [0.1, 0.15) is 5.76 Å². The Kier molecular flexibility index (Phi) is 2.92. The number of hydrogen-bond donors (Lipinski definition) is 1. The Bertz CT molecular complexity index is 369. The summed E-state index contributed by atoms with van der Waals surface area (Å²) in [6, 6.07) is 0.0405. The summed E-state index contributed by atoms with van der Waals surface area (Å²) in [6.45, 7) is 3.45. The SMILES string of the molecule is CCc1cnc(NS(=O)(=O)CC)o1. The third-order valence-electron chi connectivity index (χ3n) is 1.52. The van der Waals surface area contributed by atoms with Crippen molar-refractivity contribution in [3.05, 3.63) is 12.0 Å². The topological polar surface area (TPSA) is 72.2 Å². The van der Waals surface area contributed by atoms with Gasteiger partial charge in [-0.25, -0.2) is 18.1 Å². The van der Waals surface area contributed by atoms with Crippen molar-refractivity contribution in [1.82, 2.24) is 4.98 Å². The zero-order valence-electron chi connectivity index (χ0n) is 7.57. The molecule has 0 saturated heterocycles. The molecule has 6 heteroatoms. The van der Waals surface area contributed by atoms with Gasteiger partial charge in [-0.1, -0.05) is 6.92 Å². The van der Waals surface area contributed by atoms with Crippen LogP contribution in [0.3, 0.4) is 0 Å². The van der Waals surface area contributed by atoms with E-state index in [0.717, 1.165) is 0 Å². The van der Waals surface area contributed by atoms with Crippen molar-refractivity contribution in [3.63, 3.8) is 0 Å². The first-order valence-corrected chi connectivity index (χ1v) is 5.67. The van der Waals surface area contributed by atoms with Gasteiger partial charge in [-0.2, -0.15) is 0 Å². The van der Waals surface area contributed by atoms with Crippen molar-refractivity contribution in [2.24, 2.45) is 0 Å². The summed E-state index contributed by atoms with van der Waals surface area (Å²) in [5.41, 5.74) is 0. The molecule has 0 unspecified atom stereocenters. The molecule has 0 radical (unpaired) electrons. The van der Waals surface area contributed by atoms with Gasteiger partial charge < -0.3 is 4.42 Å². The van der Waals surface area contributed by atoms with Crippen LogP contribution in [0.2, 0.25) is 0 Å². The Morgan fingerprint density at radius 1 is 1.54 bits per heavy atom. The van der Waals surface area contributed by atoms with E-state index in [4.69, 9.17) is 4.42 Å². The molecule has 0 saturated carbocycles. The number of hydrogen-bond acceptors (Lipinski definition) is 4. The summed E-state index contributed by atoms with van der Waals surface area (Å²) in [4.78, 5) is 3.76. The number of nitrogens with one attached hydrogen (secondary N) is 1. The first kappa shape index (κ1) is 10.0. The van der Waals surface area contributed by atoms with Crippen molar-refractivity contribution >= 4 is 16.0 Å². The minimum Gasteiger partial charge on any atom is -0.428 e. The largest absolute Gasteiger partial charge is 0.428 e. The molecule has 1 N–H and O–H groups in total. The van der Waals surface area contributed by atoms with Crippen LogP contribution in [-0.4, -0.2) is 19.2 Å². The third kappa shape index (κ3) is 2.73. The minimum absolute atomic E-state index is 0.0108. The number of rotatable bonds is 4. The molecule has 13 heavy (non-hydrogen) atoms. The second kappa shape index (κ2) is 3.78. The lowest BCUT2D eigenvalue weighted by Gasteiger charge is -1.99. The molecule has 0 amide bonds. The van der Waals surface area contributed by atoms with Gasteiger partial charge in [-0.15, -0.1) is 0 Å². The van der Waals surface area contributed by atoms with Crippen LogP contribution >= 0.6 is 0 Å². The predicted molar refractivity (Wildman–Crippen MR) is 49.0 cm³/mol. The van der Waals surface area contributed by atoms with Crippen molar-refractivity contribution in [3.8, 4) is 0 Å². The van der Waals surface area contributed by atoms with Gasteiger partial charge in [0.2, 0.25) is 10.0 Å². The smallest absolute Gasteiger partial charge is 0.308 e. The van der Waals surface area contributed by atoms with Crippen LogP contribution in [0.5, 0.6) is 0 Å². The standard InChI is InChI=1S/C7H12N2O3S/c1-3-6-5-8-7(12-6)9-13(10,11)4-2/h5H,3-4H2,1-2H3,(H,8,9). The van der Waals surface area contributed by atoms with Gasteiger partial charge >= 0.3 is 6.01 Å². The van der Waals surface area contributed by atoms with Gasteiger partial charge in [-0.05, 0) is 6.92 Å². The van der Waals surface area contributed by atoms with Crippen LogP contribution in [0.25, 0.3) is 0 Å². The zero-order chi connectivity index (χ0) is 9.90. The molecular weight excluding hydrogens is 192 g/mol. The first-order chi connectivity index (χ1) is 6.07. The predicted octanol–water partition coefficient (Wildman–Crippen LogP) is 0.999. The van der Waals surface area contributed by atoms with Gasteiger partial charge in [0, 0.05) is 6.42 Å². The van der Waals surface area contributed by atoms with E-state index in [-0.39, 0.29) is 11.8 Å². The molecule has 0 aliphatic heterocycles. The monoisotopic (exact) mass is 204 g/mol. The molecule has 0 fully saturated rings. The Morgan fingerprint density at radius 2 is 2.23 bits per heavy atom. The van der Waals surface area contributed by atoms with Crippen molar-refractivity contribution in [2.45, 2.75) is 20.3 Å². The van der Waals surface area contributed by atoms with Crippen molar-refractivity contribution < 1.29 is 12.8 Å². The lowest BCUT2D eigenvalue weighted by Crippen LogP contribution is -2.14. The summed E-state index contributed by atoms with van der Waals surface area (Å²) < 4.78 is 29.4. The van der Waals surface area contributed by atoms with Crippen LogP contribution in [0.4, 0.5) is 6.01 Å². The molecule has 1 heterocycles. The average molecular weight is 204 g/mol. The molecule has 5 nitrogen and oxygen atoms in total. The number of aryl methyl sites for hydroxylation is 1. The molecule has 1 aromatic heterocycles. The summed E-state index contributed by atoms with van der Waals surface area (Å²) >= 11 is 0. The normalized spacial score (nSPS) is 11.5. The van der Waals surface area contributed by atoms with Gasteiger partial charge in [-0.3, -0.25) is 0 Å². The molecule has 0 aliphatic carbocycles. The highest BCUT2D eigenvalue weighted by atomic mass is 32.2. The molecule has 0 bridgehead atoms. The van der Waals surface area contributed by atoms with Crippen molar-refractivity contribution in [1.29, 1.82) is 0 Å². The van der Waals surface area contributed by atoms with Gasteiger partial charge in [0.15, 0.2) is 0 Å². The van der Waals surface area contributed by atoms with Crippen LogP contribution in [0, 0.1) is 0 Å². The number of sulfonamides is 1. The van der Waals surface area contributed by atoms with Gasteiger partial charge in [0.05, 0.1) is 11.9 Å². The quantitative estimate of drug-likeness (QED) is 0.794. The molecule has 0 spiro atoms. The van der Waals surface area contributed by atoms with E-state index in [9.17, 15) is 8.42 Å². The first-order valence-electron chi connectivity index (χ1n) is 4.02. The fourth-order valence-corrected chi connectivity index (χ4v) is 1.23. The Hall–Kier alpha value is -1.04. The summed E-state index contributed by atoms with van der Waals surface area (Å²) in [5.74, 6) is 0.672. The maximum atomic E-state index is 11.1. The number of anilines is 1. The maximum absolute atomic E-state index is 11.1. The van der Waals surface area contributed by atoms with Crippen LogP contribution in [0.1, 0.15) is 19.6 Å². The second-order valence-electron chi connectivity index (χ2n) is 2.49. The molecular formula is C7H12N2O3S. The average Bonchev–Trinajstić information content (AvgIpc) is 2.52. The molecule has 1 aromatic rings. The Labute approximate surface area is 77.2 Å². The lowest BCUT2D eigenvalue weighted by molar-refractivity contribution is 0.526. The number of oxazole rings is 1. The summed E-state index contributed by atoms with van der Waals surface area (Å²) in [5, 5.41) is 0. The van der Waals surface area contributed by atoms with E-state index in [1.807, 2.05) is 6.92 Å². The second-order valence-corrected chi connectivity index (χ2v) is 4.50. The molecule has 0 aliphatic rings. The van der Waals surface area contributed by atoms with Crippen LogP contribution < -0.4 is 4.72 Å². The molecule has 0 atom stereocenters. The van der Waals surface area contributed by atoms with Crippen LogP contribution in [-0.2, 0) is 16.4 Å². The highest BCUT2D eigenvalue weighted by Crippen LogP contribution is 2.10. The lowest BCUT2D eigenvalue weighted by atomic mass is 10.4. The van der Waals surface area contributed by atoms with E-state index in [0.29, 0.717) is 12.2 Å². The summed E-state index contributed by atoms with van der Waals surface area (Å²) in [6.07, 6.45) is 2.20. The van der Waals surface area contributed by atoms with E-state index >= 15 is 0 Å². The maximum Gasteiger partial charge on any atom is 0.308 e. The Balaban J connectivity index is 2.75. The van der Waals surface area contributed by atoms with E-state index < -0.39 is 10.0 Å². The zero-order valence-corrected chi connectivity index (χ0v) is 8.39. The third-order valence-corrected chi connectivity index (χ3v) is 2.77. The molecule has 0 aromatic carbocycles. The highest BCUT2D eigenvalue weighted by molar-refractivity contribution is 7.92. The highest BCUT2D eigenvalue weighted by Gasteiger charge is 2.10. The number of aromatic nitrogens is 1. The van der Waals surface area contributed by atoms with E-state index in [1.165, 1.54) is 6.20 Å². The number of nitrogens with zero attached hydrogens (tertiary/aromatic N) is 1. The van der Waals surface area contributed by atoms with E-state index in [1.54, 1.807) is 6.92 Å². The fourth-order valence-electron chi connectivity index (χ4n) is 0.723. The Morgan fingerprint density at radius 3 is 2.69 bits per heavy atom. The molecule has 74 valence electrons. The summed E-state index contributed by atoms with van der Waals surface area (Å²) in [7, 11) is -3.27. The van der Waals surface area contributed by atoms with Gasteiger partial charge in [0.25, 0.3) is 0 Å². The van der Waals surface area contributed by atoms with Crippen LogP contribution in [0.15, 0.2) is 10.6 Å². The van der Waals surface area contributed by atoms with E-state index in [2.05, 4.69) is 9.71 Å².